The number of oxazole rings is 1. The van der Waals surface area contributed by atoms with Gasteiger partial charge in [-0.3, -0.25) is 9.36 Å². The number of nitrogens with two attached hydrogens (primary N) is 2. The molecule has 1 fully saturated rings. The lowest BCUT2D eigenvalue weighted by Crippen LogP contribution is -2.30. The largest absolute Gasteiger partial charge is 0.420 e. The summed E-state index contributed by atoms with van der Waals surface area (Å²) < 4.78 is 6.91. The van der Waals surface area contributed by atoms with Crippen molar-refractivity contribution in [3.63, 3.8) is 0 Å². The maximum absolute atomic E-state index is 12.0. The third-order valence-corrected chi connectivity index (χ3v) is 4.00. The van der Waals surface area contributed by atoms with Crippen LogP contribution in [-0.4, -0.2) is 16.5 Å². The van der Waals surface area contributed by atoms with Crippen LogP contribution in [0.4, 0.5) is 0 Å². The Bertz CT molecular complexity index is 708. The first kappa shape index (κ1) is 12.9. The van der Waals surface area contributed by atoms with Gasteiger partial charge in [-0.15, -0.1) is 0 Å². The average Bonchev–Trinajstić information content (AvgIpc) is 2.74. The Morgan fingerprint density at radius 2 is 1.95 bits per heavy atom. The average molecular weight is 275 g/mol. The molecule has 1 aliphatic rings. The number of aromatic nitrogens is 1. The summed E-state index contributed by atoms with van der Waals surface area (Å²) >= 11 is 0. The molecule has 3 rings (SSSR count). The zero-order chi connectivity index (χ0) is 14.3. The van der Waals surface area contributed by atoms with E-state index in [1.807, 2.05) is 0 Å². The quantitative estimate of drug-likeness (QED) is 0.857. The maximum Gasteiger partial charge on any atom is 0.420 e. The SMILES string of the molecule is NC(=O)c1ccc2c(c1)oc(=O)n2C1CCC(N)CC1. The molecule has 6 nitrogen and oxygen atoms in total. The molecule has 1 heterocycles. The minimum atomic E-state index is -0.536. The van der Waals surface area contributed by atoms with E-state index in [0.717, 1.165) is 25.7 Å². The molecule has 0 unspecified atom stereocenters. The van der Waals surface area contributed by atoms with Gasteiger partial charge in [0.1, 0.15) is 0 Å². The molecule has 0 radical (unpaired) electrons. The predicted octanol–water partition coefficient (Wildman–Crippen LogP) is 1.14. The minimum Gasteiger partial charge on any atom is -0.408 e. The van der Waals surface area contributed by atoms with Crippen LogP contribution in [0.1, 0.15) is 42.1 Å². The highest BCUT2D eigenvalue weighted by Gasteiger charge is 2.24. The van der Waals surface area contributed by atoms with E-state index in [4.69, 9.17) is 15.9 Å². The number of amides is 1. The van der Waals surface area contributed by atoms with Crippen molar-refractivity contribution in [1.82, 2.24) is 4.57 Å². The Hall–Kier alpha value is -2.08. The lowest BCUT2D eigenvalue weighted by Gasteiger charge is -2.26. The number of nitrogens with zero attached hydrogens (tertiary/aromatic N) is 1. The van der Waals surface area contributed by atoms with Gasteiger partial charge in [0.25, 0.3) is 0 Å². The van der Waals surface area contributed by atoms with Crippen LogP contribution in [0.3, 0.4) is 0 Å². The number of hydrogen-bond acceptors (Lipinski definition) is 4. The highest BCUT2D eigenvalue weighted by molar-refractivity contribution is 5.95. The first-order chi connectivity index (χ1) is 9.56. The molecule has 1 aromatic carbocycles. The number of carbonyl (C=O) groups excluding carboxylic acids is 1. The Morgan fingerprint density at radius 3 is 2.60 bits per heavy atom. The van der Waals surface area contributed by atoms with Crippen LogP contribution in [-0.2, 0) is 0 Å². The van der Waals surface area contributed by atoms with Crippen molar-refractivity contribution in [2.24, 2.45) is 11.5 Å². The van der Waals surface area contributed by atoms with E-state index in [2.05, 4.69) is 0 Å². The fourth-order valence-electron chi connectivity index (χ4n) is 2.90. The van der Waals surface area contributed by atoms with Crippen LogP contribution in [0.25, 0.3) is 11.1 Å². The highest BCUT2D eigenvalue weighted by atomic mass is 16.4. The summed E-state index contributed by atoms with van der Waals surface area (Å²) in [5, 5.41) is 0. The van der Waals surface area contributed by atoms with E-state index < -0.39 is 5.91 Å². The van der Waals surface area contributed by atoms with Crippen LogP contribution < -0.4 is 17.2 Å². The summed E-state index contributed by atoms with van der Waals surface area (Å²) in [6.45, 7) is 0. The molecular formula is C14H17N3O3. The van der Waals surface area contributed by atoms with Gasteiger partial charge >= 0.3 is 5.76 Å². The van der Waals surface area contributed by atoms with E-state index in [9.17, 15) is 9.59 Å². The Labute approximate surface area is 115 Å². The fourth-order valence-corrected chi connectivity index (χ4v) is 2.90. The summed E-state index contributed by atoms with van der Waals surface area (Å²) in [5.41, 5.74) is 12.6. The predicted molar refractivity (Wildman–Crippen MR) is 74.5 cm³/mol. The summed E-state index contributed by atoms with van der Waals surface area (Å²) in [7, 11) is 0. The smallest absolute Gasteiger partial charge is 0.408 e. The number of benzene rings is 1. The molecule has 20 heavy (non-hydrogen) atoms. The summed E-state index contributed by atoms with van der Waals surface area (Å²) in [5.74, 6) is -0.923. The van der Waals surface area contributed by atoms with Gasteiger partial charge in [-0.1, -0.05) is 0 Å². The van der Waals surface area contributed by atoms with Gasteiger partial charge in [0.05, 0.1) is 5.52 Å². The van der Waals surface area contributed by atoms with Crippen LogP contribution in [0.5, 0.6) is 0 Å². The van der Waals surface area contributed by atoms with Crippen molar-refractivity contribution < 1.29 is 9.21 Å². The number of hydrogen-bond donors (Lipinski definition) is 2. The molecule has 0 atom stereocenters. The lowest BCUT2D eigenvalue weighted by molar-refractivity contribution is 0.100. The molecular weight excluding hydrogens is 258 g/mol. The van der Waals surface area contributed by atoms with E-state index in [-0.39, 0.29) is 17.8 Å². The molecule has 1 amide bonds. The molecule has 0 bridgehead atoms. The van der Waals surface area contributed by atoms with Gasteiger partial charge < -0.3 is 15.9 Å². The summed E-state index contributed by atoms with van der Waals surface area (Å²) in [6, 6.07) is 5.19. The molecule has 1 aliphatic carbocycles. The Kier molecular flexibility index (Phi) is 3.10. The molecule has 6 heteroatoms. The highest BCUT2D eigenvalue weighted by Crippen LogP contribution is 2.29. The second-order valence-electron chi connectivity index (χ2n) is 5.35. The van der Waals surface area contributed by atoms with Crippen molar-refractivity contribution in [2.75, 3.05) is 0 Å². The third kappa shape index (κ3) is 2.12. The molecule has 0 spiro atoms. The van der Waals surface area contributed by atoms with Crippen LogP contribution in [0.2, 0.25) is 0 Å². The molecule has 2 aromatic rings. The number of carbonyl (C=O) groups is 1. The van der Waals surface area contributed by atoms with Crippen molar-refractivity contribution in [2.45, 2.75) is 37.8 Å². The maximum atomic E-state index is 12.0. The molecule has 0 aliphatic heterocycles. The minimum absolute atomic E-state index is 0.114. The zero-order valence-corrected chi connectivity index (χ0v) is 11.0. The second kappa shape index (κ2) is 4.79. The zero-order valence-electron chi connectivity index (χ0n) is 11.0. The van der Waals surface area contributed by atoms with Crippen molar-refractivity contribution in [3.8, 4) is 0 Å². The Balaban J connectivity index is 2.05. The lowest BCUT2D eigenvalue weighted by atomic mass is 9.91. The number of fused-ring (bicyclic) bond motifs is 1. The topological polar surface area (TPSA) is 104 Å². The van der Waals surface area contributed by atoms with E-state index in [0.29, 0.717) is 16.7 Å². The van der Waals surface area contributed by atoms with E-state index in [1.54, 1.807) is 16.7 Å². The van der Waals surface area contributed by atoms with E-state index in [1.165, 1.54) is 6.07 Å². The van der Waals surface area contributed by atoms with Crippen molar-refractivity contribution >= 4 is 17.0 Å². The van der Waals surface area contributed by atoms with Gasteiger partial charge in [-0.2, -0.15) is 0 Å². The first-order valence-corrected chi connectivity index (χ1v) is 6.76. The monoisotopic (exact) mass is 275 g/mol. The van der Waals surface area contributed by atoms with Gasteiger partial charge in [0, 0.05) is 17.6 Å². The van der Waals surface area contributed by atoms with Crippen LogP contribution >= 0.6 is 0 Å². The van der Waals surface area contributed by atoms with Gasteiger partial charge in [-0.25, -0.2) is 4.79 Å². The standard InChI is InChI=1S/C14H17N3O3/c15-9-2-4-10(5-3-9)17-11-6-1-8(13(16)18)7-12(11)20-14(17)19/h1,6-7,9-10H,2-5,15H2,(H2,16,18). The fraction of sp³-hybridized carbons (Fsp3) is 0.429. The molecule has 0 saturated heterocycles. The normalized spacial score (nSPS) is 23.1. The van der Waals surface area contributed by atoms with E-state index >= 15 is 0 Å². The molecule has 106 valence electrons. The summed E-state index contributed by atoms with van der Waals surface area (Å²) in [4.78, 5) is 23.2. The Morgan fingerprint density at radius 1 is 1.25 bits per heavy atom. The van der Waals surface area contributed by atoms with Gasteiger partial charge in [-0.05, 0) is 43.9 Å². The van der Waals surface area contributed by atoms with Crippen LogP contribution in [0, 0.1) is 0 Å². The van der Waals surface area contributed by atoms with Gasteiger partial charge in [0.2, 0.25) is 5.91 Å². The first-order valence-electron chi connectivity index (χ1n) is 6.76. The van der Waals surface area contributed by atoms with Gasteiger partial charge in [0.15, 0.2) is 5.58 Å². The summed E-state index contributed by atoms with van der Waals surface area (Å²) in [6.07, 6.45) is 3.55. The second-order valence-corrected chi connectivity index (χ2v) is 5.35. The molecule has 1 saturated carbocycles. The molecule has 4 N–H and O–H groups in total. The van der Waals surface area contributed by atoms with Crippen LogP contribution in [0.15, 0.2) is 27.4 Å². The number of rotatable bonds is 2. The number of primary amides is 1. The van der Waals surface area contributed by atoms with Crippen molar-refractivity contribution in [3.05, 3.63) is 34.3 Å². The molecule has 1 aromatic heterocycles. The third-order valence-electron chi connectivity index (χ3n) is 4.00. The van der Waals surface area contributed by atoms with Crippen molar-refractivity contribution in [1.29, 1.82) is 0 Å².